The van der Waals surface area contributed by atoms with E-state index in [1.165, 1.54) is 24.3 Å². The standard InChI is InChI=1S/C15H10O4/c16-11-3-1-2-9(6-11)15(18)14-8-10-7-12(17)4-5-13(10)19-14/h1-8,16-17H. The summed E-state index contributed by atoms with van der Waals surface area (Å²) in [7, 11) is 0. The normalized spacial score (nSPS) is 10.7. The smallest absolute Gasteiger partial charge is 0.228 e. The Morgan fingerprint density at radius 2 is 1.74 bits per heavy atom. The number of phenolic OH excluding ortho intramolecular Hbond substituents is 2. The van der Waals surface area contributed by atoms with Gasteiger partial charge in [-0.1, -0.05) is 12.1 Å². The number of hydrogen-bond donors (Lipinski definition) is 2. The summed E-state index contributed by atoms with van der Waals surface area (Å²) >= 11 is 0. The molecule has 0 unspecified atom stereocenters. The molecule has 19 heavy (non-hydrogen) atoms. The molecule has 1 aromatic heterocycles. The summed E-state index contributed by atoms with van der Waals surface area (Å²) in [5.41, 5.74) is 0.879. The summed E-state index contributed by atoms with van der Waals surface area (Å²) in [5, 5.41) is 19.4. The summed E-state index contributed by atoms with van der Waals surface area (Å²) < 4.78 is 5.44. The predicted molar refractivity (Wildman–Crippen MR) is 69.4 cm³/mol. The van der Waals surface area contributed by atoms with E-state index in [9.17, 15) is 15.0 Å². The highest BCUT2D eigenvalue weighted by atomic mass is 16.3. The van der Waals surface area contributed by atoms with Crippen LogP contribution in [0.1, 0.15) is 16.1 Å². The van der Waals surface area contributed by atoms with E-state index in [0.717, 1.165) is 0 Å². The summed E-state index contributed by atoms with van der Waals surface area (Å²) in [5.74, 6) is 0.00190. The number of phenols is 2. The van der Waals surface area contributed by atoms with Crippen molar-refractivity contribution in [2.24, 2.45) is 0 Å². The van der Waals surface area contributed by atoms with Gasteiger partial charge in [-0.3, -0.25) is 4.79 Å². The second-order valence-electron chi connectivity index (χ2n) is 4.21. The van der Waals surface area contributed by atoms with Crippen molar-refractivity contribution in [3.05, 3.63) is 59.9 Å². The topological polar surface area (TPSA) is 70.7 Å². The van der Waals surface area contributed by atoms with Crippen molar-refractivity contribution in [3.63, 3.8) is 0 Å². The van der Waals surface area contributed by atoms with Gasteiger partial charge in [-0.05, 0) is 36.4 Å². The zero-order valence-corrected chi connectivity index (χ0v) is 9.83. The molecule has 1 heterocycles. The Morgan fingerprint density at radius 3 is 2.53 bits per heavy atom. The predicted octanol–water partition coefficient (Wildman–Crippen LogP) is 3.08. The van der Waals surface area contributed by atoms with Gasteiger partial charge in [0, 0.05) is 10.9 Å². The number of aromatic hydroxyl groups is 2. The number of benzene rings is 2. The molecular formula is C15H10O4. The summed E-state index contributed by atoms with van der Waals surface area (Å²) in [6.45, 7) is 0. The molecule has 0 saturated carbocycles. The van der Waals surface area contributed by atoms with Gasteiger partial charge in [0.05, 0.1) is 0 Å². The number of furan rings is 1. The quantitative estimate of drug-likeness (QED) is 0.689. The Kier molecular flexibility index (Phi) is 2.49. The van der Waals surface area contributed by atoms with Crippen LogP contribution >= 0.6 is 0 Å². The van der Waals surface area contributed by atoms with Crippen LogP contribution in [0.5, 0.6) is 11.5 Å². The molecule has 2 N–H and O–H groups in total. The van der Waals surface area contributed by atoms with Crippen molar-refractivity contribution >= 4 is 16.8 Å². The molecule has 0 saturated heterocycles. The lowest BCUT2D eigenvalue weighted by Crippen LogP contribution is -1.98. The van der Waals surface area contributed by atoms with Gasteiger partial charge in [-0.25, -0.2) is 0 Å². The van der Waals surface area contributed by atoms with Crippen molar-refractivity contribution in [2.75, 3.05) is 0 Å². The van der Waals surface area contributed by atoms with E-state index in [2.05, 4.69) is 0 Å². The Hall–Kier alpha value is -2.75. The Morgan fingerprint density at radius 1 is 0.947 bits per heavy atom. The summed E-state index contributed by atoms with van der Waals surface area (Å²) in [4.78, 5) is 12.2. The first-order valence-corrected chi connectivity index (χ1v) is 5.70. The molecule has 3 aromatic rings. The Labute approximate surface area is 108 Å². The van der Waals surface area contributed by atoms with Crippen LogP contribution in [0.2, 0.25) is 0 Å². The van der Waals surface area contributed by atoms with Crippen LogP contribution in [0.3, 0.4) is 0 Å². The monoisotopic (exact) mass is 254 g/mol. The van der Waals surface area contributed by atoms with Gasteiger partial charge >= 0.3 is 0 Å². The van der Waals surface area contributed by atoms with Crippen LogP contribution in [-0.4, -0.2) is 16.0 Å². The van der Waals surface area contributed by atoms with Gasteiger partial charge in [0.2, 0.25) is 5.78 Å². The third-order valence-electron chi connectivity index (χ3n) is 2.83. The van der Waals surface area contributed by atoms with E-state index in [-0.39, 0.29) is 23.0 Å². The number of fused-ring (bicyclic) bond motifs is 1. The molecule has 0 aliphatic carbocycles. The molecule has 0 radical (unpaired) electrons. The maximum absolute atomic E-state index is 12.2. The summed E-state index contributed by atoms with van der Waals surface area (Å²) in [6, 6.07) is 12.3. The van der Waals surface area contributed by atoms with Crippen molar-refractivity contribution < 1.29 is 19.4 Å². The fourth-order valence-electron chi connectivity index (χ4n) is 1.93. The van der Waals surface area contributed by atoms with Crippen molar-refractivity contribution in [2.45, 2.75) is 0 Å². The van der Waals surface area contributed by atoms with Crippen LogP contribution in [0.4, 0.5) is 0 Å². The fraction of sp³-hybridized carbons (Fsp3) is 0. The van der Waals surface area contributed by atoms with Gasteiger partial charge in [0.15, 0.2) is 5.76 Å². The van der Waals surface area contributed by atoms with Gasteiger partial charge in [-0.2, -0.15) is 0 Å². The van der Waals surface area contributed by atoms with Gasteiger partial charge in [0.1, 0.15) is 17.1 Å². The number of rotatable bonds is 2. The van der Waals surface area contributed by atoms with E-state index in [1.54, 1.807) is 24.3 Å². The molecule has 0 spiro atoms. The van der Waals surface area contributed by atoms with Crippen molar-refractivity contribution in [1.82, 2.24) is 0 Å². The highest BCUT2D eigenvalue weighted by Crippen LogP contribution is 2.25. The van der Waals surface area contributed by atoms with E-state index < -0.39 is 0 Å². The first kappa shape index (κ1) is 11.3. The number of ketones is 1. The van der Waals surface area contributed by atoms with Gasteiger partial charge in [0.25, 0.3) is 0 Å². The second-order valence-corrected chi connectivity index (χ2v) is 4.21. The molecule has 0 aliphatic heterocycles. The van der Waals surface area contributed by atoms with E-state index in [4.69, 9.17) is 4.42 Å². The molecule has 0 bridgehead atoms. The minimum absolute atomic E-state index is 0.0274. The Balaban J connectivity index is 2.06. The van der Waals surface area contributed by atoms with Gasteiger partial charge < -0.3 is 14.6 Å². The third kappa shape index (κ3) is 2.04. The van der Waals surface area contributed by atoms with E-state index in [1.807, 2.05) is 0 Å². The zero-order chi connectivity index (χ0) is 13.4. The SMILES string of the molecule is O=C(c1cccc(O)c1)c1cc2cc(O)ccc2o1. The molecule has 4 heteroatoms. The van der Waals surface area contributed by atoms with E-state index in [0.29, 0.717) is 16.5 Å². The number of carbonyl (C=O) groups excluding carboxylic acids is 1. The Bertz CT molecular complexity index is 771. The second kappa shape index (κ2) is 4.17. The number of hydrogen-bond acceptors (Lipinski definition) is 4. The van der Waals surface area contributed by atoms with Gasteiger partial charge in [-0.15, -0.1) is 0 Å². The third-order valence-corrected chi connectivity index (χ3v) is 2.83. The molecule has 0 amide bonds. The summed E-state index contributed by atoms with van der Waals surface area (Å²) in [6.07, 6.45) is 0. The maximum atomic E-state index is 12.2. The van der Waals surface area contributed by atoms with E-state index >= 15 is 0 Å². The molecule has 0 fully saturated rings. The minimum Gasteiger partial charge on any atom is -0.508 e. The highest BCUT2D eigenvalue weighted by molar-refractivity contribution is 6.09. The zero-order valence-electron chi connectivity index (χ0n) is 9.83. The molecule has 4 nitrogen and oxygen atoms in total. The van der Waals surface area contributed by atoms with Crippen molar-refractivity contribution in [1.29, 1.82) is 0 Å². The molecular weight excluding hydrogens is 244 g/mol. The average Bonchev–Trinajstić information content (AvgIpc) is 2.80. The lowest BCUT2D eigenvalue weighted by Gasteiger charge is -1.97. The first-order chi connectivity index (χ1) is 9.13. The molecule has 2 aromatic carbocycles. The highest BCUT2D eigenvalue weighted by Gasteiger charge is 2.15. The lowest BCUT2D eigenvalue weighted by molar-refractivity contribution is 0.101. The lowest BCUT2D eigenvalue weighted by atomic mass is 10.1. The molecule has 0 aliphatic rings. The first-order valence-electron chi connectivity index (χ1n) is 5.70. The van der Waals surface area contributed by atoms with Crippen LogP contribution < -0.4 is 0 Å². The van der Waals surface area contributed by atoms with Crippen molar-refractivity contribution in [3.8, 4) is 11.5 Å². The average molecular weight is 254 g/mol. The molecule has 0 atom stereocenters. The van der Waals surface area contributed by atoms with Crippen LogP contribution in [0, 0.1) is 0 Å². The fourth-order valence-corrected chi connectivity index (χ4v) is 1.93. The van der Waals surface area contributed by atoms with Crippen LogP contribution in [0.25, 0.3) is 11.0 Å². The maximum Gasteiger partial charge on any atom is 0.228 e. The molecule has 3 rings (SSSR count). The van der Waals surface area contributed by atoms with Crippen LogP contribution in [0.15, 0.2) is 52.9 Å². The minimum atomic E-state index is -0.313. The van der Waals surface area contributed by atoms with Crippen LogP contribution in [-0.2, 0) is 0 Å². The number of carbonyl (C=O) groups is 1. The molecule has 94 valence electrons. The largest absolute Gasteiger partial charge is 0.508 e.